The fraction of sp³-hybridized carbons (Fsp3) is 0.538. The molecule has 21 heavy (non-hydrogen) atoms. The molecule has 0 aromatic carbocycles. The highest BCUT2D eigenvalue weighted by molar-refractivity contribution is 7.91. The van der Waals surface area contributed by atoms with Crippen LogP contribution in [0, 0.1) is 13.8 Å². The van der Waals surface area contributed by atoms with E-state index in [0.29, 0.717) is 24.2 Å². The molecule has 2 N–H and O–H groups in total. The number of sulfone groups is 1. The summed E-state index contributed by atoms with van der Waals surface area (Å²) < 4.78 is 22.8. The molecule has 0 radical (unpaired) electrons. The number of hydrogen-bond acceptors (Lipinski definition) is 6. The molecule has 3 heterocycles. The molecular weight excluding hydrogens is 310 g/mol. The van der Waals surface area contributed by atoms with Crippen molar-refractivity contribution >= 4 is 31.4 Å². The fourth-order valence-corrected chi connectivity index (χ4v) is 5.34. The minimum atomic E-state index is -2.90. The second kappa shape index (κ2) is 5.19. The maximum atomic E-state index is 12.1. The quantitative estimate of drug-likeness (QED) is 0.873. The largest absolute Gasteiger partial charge is 0.309 e. The van der Waals surface area contributed by atoms with Gasteiger partial charge in [-0.2, -0.15) is 0 Å². The van der Waals surface area contributed by atoms with Crippen LogP contribution in [0.3, 0.4) is 0 Å². The SMILES string of the molecule is Cc1sc2nc(CNC3CCS(=O)(=O)C3)[nH]c(=O)c2c1C. The van der Waals surface area contributed by atoms with Gasteiger partial charge in [0.25, 0.3) is 5.56 Å². The molecule has 1 fully saturated rings. The minimum absolute atomic E-state index is 0.0530. The van der Waals surface area contributed by atoms with Crippen molar-refractivity contribution in [3.63, 3.8) is 0 Å². The van der Waals surface area contributed by atoms with Crippen LogP contribution in [0.2, 0.25) is 0 Å². The number of thiophene rings is 1. The van der Waals surface area contributed by atoms with Gasteiger partial charge < -0.3 is 10.3 Å². The molecule has 6 nitrogen and oxygen atoms in total. The van der Waals surface area contributed by atoms with E-state index in [4.69, 9.17) is 0 Å². The standard InChI is InChI=1S/C13H17N3O3S2/c1-7-8(2)20-13-11(7)12(17)15-10(16-13)5-14-9-3-4-21(18,19)6-9/h9,14H,3-6H2,1-2H3,(H,15,16,17). The first kappa shape index (κ1) is 14.7. The maximum absolute atomic E-state index is 12.1. The Balaban J connectivity index is 1.81. The third-order valence-electron chi connectivity index (χ3n) is 3.88. The Morgan fingerprint density at radius 3 is 2.86 bits per heavy atom. The van der Waals surface area contributed by atoms with Gasteiger partial charge in [0, 0.05) is 10.9 Å². The fourth-order valence-electron chi connectivity index (χ4n) is 2.58. The van der Waals surface area contributed by atoms with Crippen LogP contribution >= 0.6 is 11.3 Å². The Labute approximate surface area is 126 Å². The van der Waals surface area contributed by atoms with E-state index in [0.717, 1.165) is 15.3 Å². The first-order chi connectivity index (χ1) is 9.85. The zero-order chi connectivity index (χ0) is 15.2. The van der Waals surface area contributed by atoms with E-state index in [1.54, 1.807) is 0 Å². The summed E-state index contributed by atoms with van der Waals surface area (Å²) in [6, 6.07) is -0.0530. The summed E-state index contributed by atoms with van der Waals surface area (Å²) in [5.41, 5.74) is 0.850. The van der Waals surface area contributed by atoms with Crippen LogP contribution < -0.4 is 10.9 Å². The van der Waals surface area contributed by atoms with Crippen molar-refractivity contribution in [3.8, 4) is 0 Å². The molecule has 2 aromatic rings. The van der Waals surface area contributed by atoms with Crippen molar-refractivity contribution in [1.29, 1.82) is 0 Å². The van der Waals surface area contributed by atoms with E-state index in [1.165, 1.54) is 11.3 Å². The number of aromatic nitrogens is 2. The Morgan fingerprint density at radius 2 is 2.19 bits per heavy atom. The number of fused-ring (bicyclic) bond motifs is 1. The highest BCUT2D eigenvalue weighted by atomic mass is 32.2. The average molecular weight is 327 g/mol. The lowest BCUT2D eigenvalue weighted by atomic mass is 10.2. The summed E-state index contributed by atoms with van der Waals surface area (Å²) in [7, 11) is -2.90. The third-order valence-corrected chi connectivity index (χ3v) is 6.75. The summed E-state index contributed by atoms with van der Waals surface area (Å²) in [6.07, 6.45) is 0.617. The average Bonchev–Trinajstić information content (AvgIpc) is 2.88. The first-order valence-electron chi connectivity index (χ1n) is 6.78. The van der Waals surface area contributed by atoms with E-state index in [9.17, 15) is 13.2 Å². The molecule has 2 aromatic heterocycles. The molecule has 0 aliphatic carbocycles. The molecule has 0 spiro atoms. The molecule has 8 heteroatoms. The van der Waals surface area contributed by atoms with Gasteiger partial charge in [0.05, 0.1) is 23.4 Å². The third kappa shape index (κ3) is 2.88. The van der Waals surface area contributed by atoms with Crippen molar-refractivity contribution < 1.29 is 8.42 Å². The van der Waals surface area contributed by atoms with Gasteiger partial charge in [0.15, 0.2) is 9.84 Å². The summed E-state index contributed by atoms with van der Waals surface area (Å²) in [6.45, 7) is 4.27. The first-order valence-corrected chi connectivity index (χ1v) is 9.42. The predicted molar refractivity (Wildman–Crippen MR) is 83.6 cm³/mol. The number of aryl methyl sites for hydroxylation is 2. The number of nitrogens with one attached hydrogen (secondary N) is 2. The van der Waals surface area contributed by atoms with Crippen molar-refractivity contribution in [1.82, 2.24) is 15.3 Å². The number of hydrogen-bond donors (Lipinski definition) is 2. The monoisotopic (exact) mass is 327 g/mol. The molecule has 0 amide bonds. The van der Waals surface area contributed by atoms with Crippen LogP contribution in [0.4, 0.5) is 0 Å². The zero-order valence-corrected chi connectivity index (χ0v) is 13.5. The number of rotatable bonds is 3. The van der Waals surface area contributed by atoms with E-state index in [2.05, 4.69) is 15.3 Å². The van der Waals surface area contributed by atoms with Crippen LogP contribution in [0.15, 0.2) is 4.79 Å². The summed E-state index contributed by atoms with van der Waals surface area (Å²) in [5, 5.41) is 3.82. The van der Waals surface area contributed by atoms with Gasteiger partial charge in [-0.15, -0.1) is 11.3 Å². The van der Waals surface area contributed by atoms with Gasteiger partial charge in [-0.25, -0.2) is 13.4 Å². The van der Waals surface area contributed by atoms with Gasteiger partial charge in [0.2, 0.25) is 0 Å². The van der Waals surface area contributed by atoms with E-state index >= 15 is 0 Å². The second-order valence-electron chi connectivity index (χ2n) is 5.46. The number of aromatic amines is 1. The Kier molecular flexibility index (Phi) is 3.62. The lowest BCUT2D eigenvalue weighted by Gasteiger charge is -2.09. The molecule has 3 rings (SSSR count). The lowest BCUT2D eigenvalue weighted by Crippen LogP contribution is -2.31. The maximum Gasteiger partial charge on any atom is 0.259 e. The van der Waals surface area contributed by atoms with Crippen LogP contribution in [-0.2, 0) is 16.4 Å². The summed E-state index contributed by atoms with van der Waals surface area (Å²) >= 11 is 1.51. The van der Waals surface area contributed by atoms with Crippen LogP contribution in [0.25, 0.3) is 10.2 Å². The van der Waals surface area contributed by atoms with E-state index in [-0.39, 0.29) is 23.1 Å². The lowest BCUT2D eigenvalue weighted by molar-refractivity contribution is 0.542. The van der Waals surface area contributed by atoms with Crippen molar-refractivity contribution in [2.24, 2.45) is 0 Å². The minimum Gasteiger partial charge on any atom is -0.309 e. The molecule has 114 valence electrons. The molecule has 1 unspecified atom stereocenters. The van der Waals surface area contributed by atoms with Gasteiger partial charge in [0.1, 0.15) is 10.7 Å². The highest BCUT2D eigenvalue weighted by Gasteiger charge is 2.27. The summed E-state index contributed by atoms with van der Waals surface area (Å²) in [4.78, 5) is 21.2. The van der Waals surface area contributed by atoms with Crippen LogP contribution in [0.5, 0.6) is 0 Å². The molecule has 1 atom stereocenters. The normalized spacial score (nSPS) is 21.1. The Bertz CT molecular complexity index is 851. The molecule has 1 saturated heterocycles. The van der Waals surface area contributed by atoms with Gasteiger partial charge in [-0.1, -0.05) is 0 Å². The van der Waals surface area contributed by atoms with Crippen molar-refractivity contribution in [2.75, 3.05) is 11.5 Å². The number of nitrogens with zero attached hydrogens (tertiary/aromatic N) is 1. The summed E-state index contributed by atoms with van der Waals surface area (Å²) in [5.74, 6) is 0.950. The Hall–Kier alpha value is -1.25. The molecule has 0 saturated carbocycles. The van der Waals surface area contributed by atoms with Crippen molar-refractivity contribution in [3.05, 3.63) is 26.6 Å². The molecule has 1 aliphatic heterocycles. The molecule has 0 bridgehead atoms. The Morgan fingerprint density at radius 1 is 1.43 bits per heavy atom. The zero-order valence-electron chi connectivity index (χ0n) is 11.9. The van der Waals surface area contributed by atoms with E-state index < -0.39 is 9.84 Å². The molecular formula is C13H17N3O3S2. The smallest absolute Gasteiger partial charge is 0.259 e. The van der Waals surface area contributed by atoms with E-state index in [1.807, 2.05) is 13.8 Å². The van der Waals surface area contributed by atoms with Gasteiger partial charge in [-0.3, -0.25) is 4.79 Å². The predicted octanol–water partition coefficient (Wildman–Crippen LogP) is 0.878. The van der Waals surface area contributed by atoms with Crippen LogP contribution in [-0.4, -0.2) is 35.9 Å². The van der Waals surface area contributed by atoms with Gasteiger partial charge in [-0.05, 0) is 25.8 Å². The highest BCUT2D eigenvalue weighted by Crippen LogP contribution is 2.25. The topological polar surface area (TPSA) is 91.9 Å². The van der Waals surface area contributed by atoms with Crippen LogP contribution in [0.1, 0.15) is 22.7 Å². The van der Waals surface area contributed by atoms with Gasteiger partial charge >= 0.3 is 0 Å². The second-order valence-corrected chi connectivity index (χ2v) is 8.89. The molecule has 1 aliphatic rings. The number of H-pyrrole nitrogens is 1. The van der Waals surface area contributed by atoms with Crippen molar-refractivity contribution in [2.45, 2.75) is 32.9 Å².